The molecular weight excluding hydrogens is 428 g/mol. The highest BCUT2D eigenvalue weighted by Gasteiger charge is 2.51. The quantitative estimate of drug-likeness (QED) is 0.392. The van der Waals surface area contributed by atoms with Crippen LogP contribution < -0.4 is 10.1 Å². The number of hydrogen-bond donors (Lipinski definition) is 3. The number of hydrogen-bond acceptors (Lipinski definition) is 3. The summed E-state index contributed by atoms with van der Waals surface area (Å²) in [6, 6.07) is 14.2. The molecule has 1 amide bonds. The highest BCUT2D eigenvalue weighted by atomic mass is 16.5. The zero-order valence-electron chi connectivity index (χ0n) is 20.0. The van der Waals surface area contributed by atoms with E-state index >= 15 is 0 Å². The third-order valence-corrected chi connectivity index (χ3v) is 7.69. The molecule has 1 saturated carbocycles. The van der Waals surface area contributed by atoms with Gasteiger partial charge in [-0.1, -0.05) is 32.9 Å². The van der Waals surface area contributed by atoms with Crippen molar-refractivity contribution in [1.82, 2.24) is 4.98 Å². The standard InChI is InChI=1S/C28H32N2O4/c1-4-17-16-34-23-8-5-19(15-21(17)23)28(11-12-28)26(33)29-20-6-7-22-18(13-20)14-24(30-22)27(2,3)10-9-25(31)32/h5-8,13-15,17,30H,4,9-12,16H2,1-3H3,(H,29,33)(H,31,32). The van der Waals surface area contributed by atoms with E-state index in [1.165, 1.54) is 5.56 Å². The number of aromatic amines is 1. The Kier molecular flexibility index (Phi) is 5.42. The van der Waals surface area contributed by atoms with Crippen LogP contribution in [0.25, 0.3) is 10.9 Å². The molecule has 1 unspecified atom stereocenters. The minimum absolute atomic E-state index is 0.0383. The molecule has 1 fully saturated rings. The fourth-order valence-electron chi connectivity index (χ4n) is 5.07. The molecule has 0 saturated heterocycles. The normalized spacial score (nSPS) is 18.4. The first-order valence-corrected chi connectivity index (χ1v) is 12.2. The van der Waals surface area contributed by atoms with Gasteiger partial charge in [0.15, 0.2) is 0 Å². The summed E-state index contributed by atoms with van der Waals surface area (Å²) in [4.78, 5) is 27.8. The molecule has 2 aliphatic rings. The van der Waals surface area contributed by atoms with Gasteiger partial charge < -0.3 is 20.1 Å². The molecule has 5 rings (SSSR count). The highest BCUT2D eigenvalue weighted by molar-refractivity contribution is 6.02. The first kappa shape index (κ1) is 22.5. The Morgan fingerprint density at radius 3 is 2.68 bits per heavy atom. The van der Waals surface area contributed by atoms with Gasteiger partial charge in [-0.15, -0.1) is 0 Å². The third kappa shape index (κ3) is 3.95. The number of aliphatic carboxylic acids is 1. The number of aromatic nitrogens is 1. The molecule has 2 aromatic carbocycles. The number of benzene rings is 2. The molecule has 178 valence electrons. The number of carboxylic acid groups (broad SMARTS) is 1. The van der Waals surface area contributed by atoms with E-state index in [1.807, 2.05) is 44.2 Å². The average molecular weight is 461 g/mol. The van der Waals surface area contributed by atoms with Crippen LogP contribution in [0, 0.1) is 0 Å². The number of nitrogens with one attached hydrogen (secondary N) is 2. The van der Waals surface area contributed by atoms with Crippen LogP contribution in [0.3, 0.4) is 0 Å². The van der Waals surface area contributed by atoms with Gasteiger partial charge in [0.05, 0.1) is 12.0 Å². The zero-order chi connectivity index (χ0) is 24.1. The van der Waals surface area contributed by atoms with Gasteiger partial charge in [-0.05, 0) is 61.6 Å². The monoisotopic (exact) mass is 460 g/mol. The van der Waals surface area contributed by atoms with Crippen molar-refractivity contribution in [1.29, 1.82) is 0 Å². The Balaban J connectivity index is 1.35. The summed E-state index contributed by atoms with van der Waals surface area (Å²) >= 11 is 0. The van der Waals surface area contributed by atoms with Crippen molar-refractivity contribution in [3.63, 3.8) is 0 Å². The second-order valence-corrected chi connectivity index (χ2v) is 10.5. The van der Waals surface area contributed by atoms with Crippen molar-refractivity contribution in [2.24, 2.45) is 0 Å². The van der Waals surface area contributed by atoms with E-state index < -0.39 is 11.4 Å². The Bertz CT molecular complexity index is 1270. The smallest absolute Gasteiger partial charge is 0.303 e. The van der Waals surface area contributed by atoms with E-state index in [4.69, 9.17) is 9.84 Å². The molecule has 6 heteroatoms. The van der Waals surface area contributed by atoms with E-state index in [0.29, 0.717) is 12.3 Å². The largest absolute Gasteiger partial charge is 0.493 e. The molecule has 3 aromatic rings. The second kappa shape index (κ2) is 8.19. The van der Waals surface area contributed by atoms with Crippen LogP contribution in [0.5, 0.6) is 5.75 Å². The summed E-state index contributed by atoms with van der Waals surface area (Å²) in [5, 5.41) is 13.2. The molecule has 0 bridgehead atoms. The van der Waals surface area contributed by atoms with Crippen LogP contribution in [-0.2, 0) is 20.4 Å². The van der Waals surface area contributed by atoms with Gasteiger partial charge >= 0.3 is 5.97 Å². The first-order chi connectivity index (χ1) is 16.2. The van der Waals surface area contributed by atoms with E-state index in [0.717, 1.165) is 59.5 Å². The van der Waals surface area contributed by atoms with Crippen molar-refractivity contribution < 1.29 is 19.4 Å². The van der Waals surface area contributed by atoms with E-state index in [-0.39, 0.29) is 17.7 Å². The van der Waals surface area contributed by atoms with Gasteiger partial charge in [-0.3, -0.25) is 9.59 Å². The van der Waals surface area contributed by atoms with Gasteiger partial charge in [-0.25, -0.2) is 0 Å². The lowest BCUT2D eigenvalue weighted by Gasteiger charge is -2.22. The van der Waals surface area contributed by atoms with Gasteiger partial charge in [0.1, 0.15) is 5.75 Å². The number of amides is 1. The molecule has 1 aliphatic heterocycles. The first-order valence-electron chi connectivity index (χ1n) is 12.2. The van der Waals surface area contributed by atoms with E-state index in [9.17, 15) is 9.59 Å². The van der Waals surface area contributed by atoms with Gasteiger partial charge in [-0.2, -0.15) is 0 Å². The fourth-order valence-corrected chi connectivity index (χ4v) is 5.07. The van der Waals surface area contributed by atoms with Crippen LogP contribution in [0.4, 0.5) is 5.69 Å². The minimum atomic E-state index is -0.788. The molecule has 0 spiro atoms. The molecular formula is C28H32N2O4. The van der Waals surface area contributed by atoms with Crippen molar-refractivity contribution in [3.05, 3.63) is 59.3 Å². The van der Waals surface area contributed by atoms with Crippen LogP contribution in [-0.4, -0.2) is 28.6 Å². The molecule has 6 nitrogen and oxygen atoms in total. The minimum Gasteiger partial charge on any atom is -0.493 e. The average Bonchev–Trinajstić information content (AvgIpc) is 3.34. The summed E-state index contributed by atoms with van der Waals surface area (Å²) < 4.78 is 5.81. The Labute approximate surface area is 199 Å². The number of carbonyl (C=O) groups is 2. The van der Waals surface area contributed by atoms with Crippen LogP contribution in [0.2, 0.25) is 0 Å². The number of carbonyl (C=O) groups excluding carboxylic acids is 1. The van der Waals surface area contributed by atoms with Crippen molar-refractivity contribution >= 4 is 28.5 Å². The summed E-state index contributed by atoms with van der Waals surface area (Å²) in [5.74, 6) is 0.603. The predicted molar refractivity (Wildman–Crippen MR) is 133 cm³/mol. The van der Waals surface area contributed by atoms with Gasteiger partial charge in [0.2, 0.25) is 5.91 Å². The lowest BCUT2D eigenvalue weighted by atomic mass is 9.84. The molecule has 1 aliphatic carbocycles. The number of anilines is 1. The Morgan fingerprint density at radius 1 is 1.18 bits per heavy atom. The lowest BCUT2D eigenvalue weighted by Crippen LogP contribution is -2.27. The maximum atomic E-state index is 13.4. The zero-order valence-corrected chi connectivity index (χ0v) is 20.0. The number of fused-ring (bicyclic) bond motifs is 2. The maximum Gasteiger partial charge on any atom is 0.303 e. The predicted octanol–water partition coefficient (Wildman–Crippen LogP) is 5.87. The fraction of sp³-hybridized carbons (Fsp3) is 0.429. The van der Waals surface area contributed by atoms with Gasteiger partial charge in [0.25, 0.3) is 0 Å². The van der Waals surface area contributed by atoms with Crippen LogP contribution in [0.15, 0.2) is 42.5 Å². The van der Waals surface area contributed by atoms with Crippen molar-refractivity contribution in [3.8, 4) is 5.75 Å². The molecule has 34 heavy (non-hydrogen) atoms. The summed E-state index contributed by atoms with van der Waals surface area (Å²) in [6.07, 6.45) is 3.40. The van der Waals surface area contributed by atoms with Gasteiger partial charge in [0, 0.05) is 45.6 Å². The topological polar surface area (TPSA) is 91.4 Å². The van der Waals surface area contributed by atoms with Crippen molar-refractivity contribution in [2.45, 2.75) is 69.6 Å². The molecule has 1 aromatic heterocycles. The molecule has 2 heterocycles. The summed E-state index contributed by atoms with van der Waals surface area (Å²) in [6.45, 7) is 6.99. The summed E-state index contributed by atoms with van der Waals surface area (Å²) in [7, 11) is 0. The summed E-state index contributed by atoms with van der Waals surface area (Å²) in [5.41, 5.74) is 4.30. The van der Waals surface area contributed by atoms with Crippen LogP contribution in [0.1, 0.15) is 75.6 Å². The third-order valence-electron chi connectivity index (χ3n) is 7.69. The molecule has 1 atom stereocenters. The maximum absolute atomic E-state index is 13.4. The number of rotatable bonds is 8. The van der Waals surface area contributed by atoms with E-state index in [2.05, 4.69) is 29.4 Å². The highest BCUT2D eigenvalue weighted by Crippen LogP contribution is 2.51. The second-order valence-electron chi connectivity index (χ2n) is 10.5. The Hall–Kier alpha value is -3.28. The number of ether oxygens (including phenoxy) is 1. The van der Waals surface area contributed by atoms with E-state index in [1.54, 1.807) is 0 Å². The number of H-pyrrole nitrogens is 1. The lowest BCUT2D eigenvalue weighted by molar-refractivity contribution is -0.137. The molecule has 0 radical (unpaired) electrons. The Morgan fingerprint density at radius 2 is 1.97 bits per heavy atom. The number of carboxylic acids is 1. The molecule has 3 N–H and O–H groups in total. The van der Waals surface area contributed by atoms with Crippen molar-refractivity contribution in [2.75, 3.05) is 11.9 Å². The SMILES string of the molecule is CCC1COc2ccc(C3(C(=O)Nc4ccc5[nH]c(C(C)(C)CCC(=O)O)cc5c4)CC3)cc21. The van der Waals surface area contributed by atoms with Crippen LogP contribution >= 0.6 is 0 Å².